The van der Waals surface area contributed by atoms with E-state index in [1.165, 1.54) is 19.8 Å². The van der Waals surface area contributed by atoms with E-state index in [1.54, 1.807) is 16.7 Å². The van der Waals surface area contributed by atoms with Crippen molar-refractivity contribution < 1.29 is 23.4 Å². The Kier molecular flexibility index (Phi) is 6.04. The summed E-state index contributed by atoms with van der Waals surface area (Å²) in [5.74, 6) is -0.540. The molecule has 174 valence electrons. The highest BCUT2D eigenvalue weighted by atomic mass is 19.1. The summed E-state index contributed by atoms with van der Waals surface area (Å²) in [4.78, 5) is 25.6. The lowest BCUT2D eigenvalue weighted by molar-refractivity contribution is -0.0616. The second-order valence-corrected chi connectivity index (χ2v) is 8.09. The lowest BCUT2D eigenvalue weighted by Gasteiger charge is -2.19. The number of hydrogen-bond acceptors (Lipinski definition) is 7. The van der Waals surface area contributed by atoms with Crippen molar-refractivity contribution in [1.82, 2.24) is 19.5 Å². The van der Waals surface area contributed by atoms with Gasteiger partial charge < -0.3 is 14.2 Å². The van der Waals surface area contributed by atoms with E-state index in [2.05, 4.69) is 15.0 Å². The van der Waals surface area contributed by atoms with E-state index < -0.39 is 30.6 Å². The van der Waals surface area contributed by atoms with Crippen LogP contribution in [0.25, 0.3) is 22.4 Å². The molecule has 1 fully saturated rings. The Bertz CT molecular complexity index is 1300. The molecule has 34 heavy (non-hydrogen) atoms. The summed E-state index contributed by atoms with van der Waals surface area (Å²) in [5, 5.41) is 0. The molecule has 0 saturated carbocycles. The van der Waals surface area contributed by atoms with Crippen LogP contribution in [-0.4, -0.2) is 57.6 Å². The molecule has 2 aromatic heterocycles. The van der Waals surface area contributed by atoms with Crippen LogP contribution in [0.2, 0.25) is 0 Å². The SMILES string of the molecule is CO[C@@H]1[C@H](F)[C@@H](COC(=O)c2ccc(C)cc2)O[C@H]1n1cnc2c(-c3ccccc3)ncnc21. The average molecular weight is 462 g/mol. The van der Waals surface area contributed by atoms with Gasteiger partial charge in [-0.25, -0.2) is 24.1 Å². The van der Waals surface area contributed by atoms with Gasteiger partial charge in [0.05, 0.1) is 11.9 Å². The van der Waals surface area contributed by atoms with Crippen molar-refractivity contribution in [3.63, 3.8) is 0 Å². The van der Waals surface area contributed by atoms with Gasteiger partial charge in [-0.05, 0) is 19.1 Å². The van der Waals surface area contributed by atoms with Crippen LogP contribution in [0, 0.1) is 6.92 Å². The molecule has 0 unspecified atom stereocenters. The normalized spacial score (nSPS) is 22.2. The van der Waals surface area contributed by atoms with E-state index in [4.69, 9.17) is 14.2 Å². The molecule has 5 rings (SSSR count). The number of alkyl halides is 1. The topological polar surface area (TPSA) is 88.4 Å². The van der Waals surface area contributed by atoms with Crippen LogP contribution in [0.1, 0.15) is 22.1 Å². The zero-order chi connectivity index (χ0) is 23.7. The number of rotatable bonds is 6. The number of ether oxygens (including phenoxy) is 3. The lowest BCUT2D eigenvalue weighted by atomic mass is 10.1. The zero-order valence-corrected chi connectivity index (χ0v) is 18.7. The molecule has 4 atom stereocenters. The molecule has 4 aromatic rings. The predicted octanol–water partition coefficient (Wildman–Crippen LogP) is 3.91. The quantitative estimate of drug-likeness (QED) is 0.402. The first-order valence-electron chi connectivity index (χ1n) is 10.9. The maximum Gasteiger partial charge on any atom is 0.338 e. The number of aromatic nitrogens is 4. The summed E-state index contributed by atoms with van der Waals surface area (Å²) in [5.41, 5.74) is 4.03. The highest BCUT2D eigenvalue weighted by Crippen LogP contribution is 2.36. The lowest BCUT2D eigenvalue weighted by Crippen LogP contribution is -2.32. The molecule has 2 aromatic carbocycles. The number of carbonyl (C=O) groups is 1. The van der Waals surface area contributed by atoms with E-state index in [-0.39, 0.29) is 6.61 Å². The molecule has 1 saturated heterocycles. The minimum absolute atomic E-state index is 0.249. The molecule has 1 aliphatic heterocycles. The van der Waals surface area contributed by atoms with E-state index in [0.29, 0.717) is 22.4 Å². The molecule has 3 heterocycles. The number of halogens is 1. The largest absolute Gasteiger partial charge is 0.459 e. The summed E-state index contributed by atoms with van der Waals surface area (Å²) in [6.07, 6.45) is -1.32. The van der Waals surface area contributed by atoms with Gasteiger partial charge in [-0.1, -0.05) is 48.0 Å². The summed E-state index contributed by atoms with van der Waals surface area (Å²) in [7, 11) is 1.41. The Hall–Kier alpha value is -3.69. The molecular formula is C25H23FN4O4. The fraction of sp³-hybridized carbons (Fsp3) is 0.280. The number of benzene rings is 2. The number of imidazole rings is 1. The minimum atomic E-state index is -1.52. The smallest absolute Gasteiger partial charge is 0.338 e. The molecule has 8 nitrogen and oxygen atoms in total. The summed E-state index contributed by atoms with van der Waals surface area (Å²) < 4.78 is 33.6. The summed E-state index contributed by atoms with van der Waals surface area (Å²) >= 11 is 0. The standard InChI is InChI=1S/C25H23FN4O4/c1-15-8-10-17(11-9-15)25(31)33-12-18-19(26)22(32-2)24(34-18)30-14-29-21-20(27-13-28-23(21)30)16-6-4-3-5-7-16/h3-11,13-14,18-19,22,24H,12H2,1-2H3/t18-,19-,22-,24-/m1/s1. The van der Waals surface area contributed by atoms with Gasteiger partial charge in [-0.2, -0.15) is 0 Å². The Morgan fingerprint density at radius 1 is 1.09 bits per heavy atom. The number of methoxy groups -OCH3 is 1. The number of carbonyl (C=O) groups excluding carboxylic acids is 1. The molecule has 0 amide bonds. The molecule has 1 aliphatic rings. The second-order valence-electron chi connectivity index (χ2n) is 8.09. The monoisotopic (exact) mass is 462 g/mol. The number of hydrogen-bond donors (Lipinski definition) is 0. The van der Waals surface area contributed by atoms with Crippen LogP contribution in [0.3, 0.4) is 0 Å². The fourth-order valence-corrected chi connectivity index (χ4v) is 4.08. The van der Waals surface area contributed by atoms with Gasteiger partial charge in [-0.3, -0.25) is 4.57 Å². The fourth-order valence-electron chi connectivity index (χ4n) is 4.08. The number of esters is 1. The Balaban J connectivity index is 1.37. The van der Waals surface area contributed by atoms with Crippen LogP contribution in [0.4, 0.5) is 4.39 Å². The first-order valence-corrected chi connectivity index (χ1v) is 10.9. The maximum atomic E-state index is 15.2. The number of aryl methyl sites for hydroxylation is 1. The van der Waals surface area contributed by atoms with Gasteiger partial charge in [0.1, 0.15) is 36.4 Å². The van der Waals surface area contributed by atoms with Gasteiger partial charge in [-0.15, -0.1) is 0 Å². The van der Waals surface area contributed by atoms with Crippen molar-refractivity contribution in [2.45, 2.75) is 31.5 Å². The van der Waals surface area contributed by atoms with Gasteiger partial charge in [0.15, 0.2) is 18.0 Å². The van der Waals surface area contributed by atoms with Gasteiger partial charge >= 0.3 is 5.97 Å². The molecule has 0 aliphatic carbocycles. The van der Waals surface area contributed by atoms with Crippen molar-refractivity contribution in [1.29, 1.82) is 0 Å². The number of nitrogens with zero attached hydrogens (tertiary/aromatic N) is 4. The van der Waals surface area contributed by atoms with E-state index in [0.717, 1.165) is 11.1 Å². The van der Waals surface area contributed by atoms with Gasteiger partial charge in [0, 0.05) is 12.7 Å². The van der Waals surface area contributed by atoms with Crippen molar-refractivity contribution >= 4 is 17.1 Å². The highest BCUT2D eigenvalue weighted by molar-refractivity contribution is 5.89. The van der Waals surface area contributed by atoms with Crippen LogP contribution in [0.5, 0.6) is 0 Å². The molecule has 0 radical (unpaired) electrons. The third kappa shape index (κ3) is 4.04. The zero-order valence-electron chi connectivity index (χ0n) is 18.7. The van der Waals surface area contributed by atoms with Crippen molar-refractivity contribution in [2.24, 2.45) is 0 Å². The van der Waals surface area contributed by atoms with Gasteiger partial charge in [0.2, 0.25) is 0 Å². The average Bonchev–Trinajstić information content (AvgIpc) is 3.43. The summed E-state index contributed by atoms with van der Waals surface area (Å²) in [6, 6.07) is 16.6. The third-order valence-electron chi connectivity index (χ3n) is 5.88. The first kappa shape index (κ1) is 22.1. The van der Waals surface area contributed by atoms with E-state index >= 15 is 4.39 Å². The van der Waals surface area contributed by atoms with Crippen LogP contribution < -0.4 is 0 Å². The van der Waals surface area contributed by atoms with Gasteiger partial charge in [0.25, 0.3) is 0 Å². The van der Waals surface area contributed by atoms with E-state index in [9.17, 15) is 4.79 Å². The van der Waals surface area contributed by atoms with Crippen LogP contribution in [-0.2, 0) is 14.2 Å². The minimum Gasteiger partial charge on any atom is -0.459 e. The Morgan fingerprint density at radius 3 is 2.59 bits per heavy atom. The second kappa shape index (κ2) is 9.28. The molecule has 0 bridgehead atoms. The molecule has 9 heteroatoms. The van der Waals surface area contributed by atoms with Crippen molar-refractivity contribution in [2.75, 3.05) is 13.7 Å². The van der Waals surface area contributed by atoms with Crippen LogP contribution in [0.15, 0.2) is 67.3 Å². The molecule has 0 spiro atoms. The number of fused-ring (bicyclic) bond motifs is 1. The third-order valence-corrected chi connectivity index (χ3v) is 5.88. The molecular weight excluding hydrogens is 439 g/mol. The molecule has 0 N–H and O–H groups in total. The van der Waals surface area contributed by atoms with Crippen LogP contribution >= 0.6 is 0 Å². The maximum absolute atomic E-state index is 15.2. The van der Waals surface area contributed by atoms with Crippen molar-refractivity contribution in [3.8, 4) is 11.3 Å². The first-order chi connectivity index (χ1) is 16.6. The van der Waals surface area contributed by atoms with E-state index in [1.807, 2.05) is 49.4 Å². The Labute approximate surface area is 195 Å². The summed E-state index contributed by atoms with van der Waals surface area (Å²) in [6.45, 7) is 1.68. The predicted molar refractivity (Wildman–Crippen MR) is 122 cm³/mol. The highest BCUT2D eigenvalue weighted by Gasteiger charge is 2.47. The van der Waals surface area contributed by atoms with Crippen molar-refractivity contribution in [3.05, 3.63) is 78.4 Å². The Morgan fingerprint density at radius 2 is 1.85 bits per heavy atom.